The van der Waals surface area contributed by atoms with Crippen LogP contribution in [0.15, 0.2) is 36.0 Å². The average Bonchev–Trinajstić information content (AvgIpc) is 3.19. The summed E-state index contributed by atoms with van der Waals surface area (Å²) in [6.45, 7) is 1.56. The number of carbonyl (C=O) groups excluding carboxylic acids is 1. The number of hydrogen-bond acceptors (Lipinski definition) is 6. The second-order valence-corrected chi connectivity index (χ2v) is 8.95. The minimum atomic E-state index is 0.0805. The van der Waals surface area contributed by atoms with Crippen molar-refractivity contribution >= 4 is 17.2 Å². The first-order chi connectivity index (χ1) is 14.1. The maximum absolute atomic E-state index is 13.3. The molecule has 1 aliphatic carbocycles. The van der Waals surface area contributed by atoms with Crippen molar-refractivity contribution in [3.63, 3.8) is 0 Å². The van der Waals surface area contributed by atoms with Gasteiger partial charge in [0, 0.05) is 31.2 Å². The van der Waals surface area contributed by atoms with Gasteiger partial charge in [-0.15, -0.1) is 11.3 Å². The van der Waals surface area contributed by atoms with Crippen molar-refractivity contribution in [1.82, 2.24) is 29.5 Å². The van der Waals surface area contributed by atoms with Crippen molar-refractivity contribution < 1.29 is 4.79 Å². The molecule has 3 aromatic rings. The lowest BCUT2D eigenvalue weighted by Crippen LogP contribution is -2.34. The summed E-state index contributed by atoms with van der Waals surface area (Å²) >= 11 is 1.65. The fourth-order valence-corrected chi connectivity index (χ4v) is 4.66. The van der Waals surface area contributed by atoms with Crippen LogP contribution in [0.4, 0.5) is 0 Å². The number of likely N-dealkylation sites (tertiary alicyclic amines) is 1. The van der Waals surface area contributed by atoms with Crippen LogP contribution in [0.5, 0.6) is 0 Å². The molecule has 2 aliphatic rings. The van der Waals surface area contributed by atoms with E-state index in [1.54, 1.807) is 28.4 Å². The van der Waals surface area contributed by atoms with Crippen LogP contribution < -0.4 is 0 Å². The molecule has 5 rings (SSSR count). The van der Waals surface area contributed by atoms with Crippen LogP contribution in [0.2, 0.25) is 0 Å². The van der Waals surface area contributed by atoms with E-state index in [4.69, 9.17) is 4.98 Å². The molecule has 7 nitrogen and oxygen atoms in total. The summed E-state index contributed by atoms with van der Waals surface area (Å²) < 4.78 is 1.78. The van der Waals surface area contributed by atoms with Gasteiger partial charge in [-0.2, -0.15) is 5.10 Å². The van der Waals surface area contributed by atoms with Crippen molar-refractivity contribution in [3.8, 4) is 16.5 Å². The van der Waals surface area contributed by atoms with E-state index in [2.05, 4.69) is 29.1 Å². The fraction of sp³-hybridized carbons (Fsp3) is 0.429. The molecule has 0 spiro atoms. The average molecular weight is 409 g/mol. The molecule has 4 heterocycles. The smallest absolute Gasteiger partial charge is 0.257 e. The van der Waals surface area contributed by atoms with Crippen molar-refractivity contribution in [3.05, 3.63) is 47.2 Å². The summed E-state index contributed by atoms with van der Waals surface area (Å²) in [6, 6.07) is 6.39. The summed E-state index contributed by atoms with van der Waals surface area (Å²) in [4.78, 5) is 27.7. The Labute approximate surface area is 174 Å². The third-order valence-corrected chi connectivity index (χ3v) is 6.68. The number of amides is 1. The van der Waals surface area contributed by atoms with Gasteiger partial charge in [-0.1, -0.05) is 6.07 Å². The standard InChI is InChI=1S/C21H24N6OS/c1-25(2)15-8-10-26(13-15)20(28)16-12-23-27(19(16)14-5-6-14)21-22-9-7-17(24-21)18-4-3-11-29-18/h3-4,7,9,11-12,14-15H,5-6,8,10,13H2,1-2H3/t15-/m1/s1. The number of rotatable bonds is 5. The second-order valence-electron chi connectivity index (χ2n) is 8.01. The quantitative estimate of drug-likeness (QED) is 0.649. The summed E-state index contributed by atoms with van der Waals surface area (Å²) in [6.07, 6.45) is 6.64. The molecule has 0 radical (unpaired) electrons. The monoisotopic (exact) mass is 408 g/mol. The minimum absolute atomic E-state index is 0.0805. The lowest BCUT2D eigenvalue weighted by atomic mass is 10.1. The van der Waals surface area contributed by atoms with E-state index in [0.29, 0.717) is 23.5 Å². The SMILES string of the molecule is CN(C)[C@@H]1CCN(C(=O)c2cnn(-c3nccc(-c4cccs4)n3)c2C2CC2)C1. The highest BCUT2D eigenvalue weighted by molar-refractivity contribution is 7.13. The Hall–Kier alpha value is -2.58. The number of hydrogen-bond donors (Lipinski definition) is 0. The van der Waals surface area contributed by atoms with Crippen LogP contribution in [-0.4, -0.2) is 68.7 Å². The molecule has 8 heteroatoms. The van der Waals surface area contributed by atoms with Gasteiger partial charge in [0.05, 0.1) is 28.0 Å². The molecule has 1 saturated carbocycles. The van der Waals surface area contributed by atoms with Crippen LogP contribution in [-0.2, 0) is 0 Å². The maximum Gasteiger partial charge on any atom is 0.257 e. The first kappa shape index (κ1) is 18.4. The Bertz CT molecular complexity index is 1020. The van der Waals surface area contributed by atoms with Crippen molar-refractivity contribution in [2.45, 2.75) is 31.2 Å². The molecule has 0 N–H and O–H groups in total. The summed E-state index contributed by atoms with van der Waals surface area (Å²) in [7, 11) is 4.15. The number of thiophene rings is 1. The van der Waals surface area contributed by atoms with Crippen LogP contribution in [0.25, 0.3) is 16.5 Å². The highest BCUT2D eigenvalue weighted by atomic mass is 32.1. The van der Waals surface area contributed by atoms with E-state index in [0.717, 1.165) is 48.6 Å². The Morgan fingerprint density at radius 2 is 2.10 bits per heavy atom. The van der Waals surface area contributed by atoms with Crippen molar-refractivity contribution in [1.29, 1.82) is 0 Å². The second kappa shape index (κ2) is 7.35. The maximum atomic E-state index is 13.3. The van der Waals surface area contributed by atoms with Gasteiger partial charge in [0.15, 0.2) is 0 Å². The molecule has 29 heavy (non-hydrogen) atoms. The number of likely N-dealkylation sites (N-methyl/N-ethyl adjacent to an activating group) is 1. The van der Waals surface area contributed by atoms with E-state index in [-0.39, 0.29) is 5.91 Å². The first-order valence-electron chi connectivity index (χ1n) is 10.0. The predicted octanol–water partition coefficient (Wildman–Crippen LogP) is 3.04. The number of carbonyl (C=O) groups is 1. The Balaban J connectivity index is 1.48. The molecule has 0 unspecified atom stereocenters. The topological polar surface area (TPSA) is 67.2 Å². The fourth-order valence-electron chi connectivity index (χ4n) is 3.96. The van der Waals surface area contributed by atoms with Crippen LogP contribution in [0.1, 0.15) is 41.2 Å². The van der Waals surface area contributed by atoms with Gasteiger partial charge in [0.1, 0.15) is 0 Å². The molecule has 0 aromatic carbocycles. The zero-order valence-electron chi connectivity index (χ0n) is 16.7. The normalized spacial score (nSPS) is 19.3. The molecule has 0 bridgehead atoms. The van der Waals surface area contributed by atoms with Gasteiger partial charge in [-0.05, 0) is 50.9 Å². The van der Waals surface area contributed by atoms with Crippen molar-refractivity contribution in [2.75, 3.05) is 27.2 Å². The molecule has 3 aromatic heterocycles. The van der Waals surface area contributed by atoms with Gasteiger partial charge < -0.3 is 9.80 Å². The third-order valence-electron chi connectivity index (χ3n) is 5.79. The lowest BCUT2D eigenvalue weighted by molar-refractivity contribution is 0.0782. The Morgan fingerprint density at radius 3 is 2.79 bits per heavy atom. The van der Waals surface area contributed by atoms with Gasteiger partial charge in [-0.25, -0.2) is 14.6 Å². The minimum Gasteiger partial charge on any atom is -0.337 e. The van der Waals surface area contributed by atoms with E-state index >= 15 is 0 Å². The number of nitrogens with zero attached hydrogens (tertiary/aromatic N) is 6. The van der Waals surface area contributed by atoms with Gasteiger partial charge in [0.25, 0.3) is 11.9 Å². The Morgan fingerprint density at radius 1 is 1.24 bits per heavy atom. The van der Waals surface area contributed by atoms with Crippen LogP contribution in [0, 0.1) is 0 Å². The van der Waals surface area contributed by atoms with E-state index in [9.17, 15) is 4.79 Å². The van der Waals surface area contributed by atoms with E-state index < -0.39 is 0 Å². The van der Waals surface area contributed by atoms with Gasteiger partial charge in [-0.3, -0.25) is 4.79 Å². The van der Waals surface area contributed by atoms with Gasteiger partial charge in [0.2, 0.25) is 0 Å². The molecular weight excluding hydrogens is 384 g/mol. The molecule has 1 atom stereocenters. The zero-order valence-corrected chi connectivity index (χ0v) is 17.5. The van der Waals surface area contributed by atoms with E-state index in [1.165, 1.54) is 0 Å². The highest BCUT2D eigenvalue weighted by Crippen LogP contribution is 2.42. The first-order valence-corrected chi connectivity index (χ1v) is 10.9. The van der Waals surface area contributed by atoms with Crippen LogP contribution in [0.3, 0.4) is 0 Å². The Kier molecular flexibility index (Phi) is 4.67. The molecule has 1 saturated heterocycles. The molecule has 1 aliphatic heterocycles. The van der Waals surface area contributed by atoms with Crippen LogP contribution >= 0.6 is 11.3 Å². The summed E-state index contributed by atoms with van der Waals surface area (Å²) in [5.41, 5.74) is 2.55. The molecule has 1 amide bonds. The van der Waals surface area contributed by atoms with Gasteiger partial charge >= 0.3 is 0 Å². The number of aromatic nitrogens is 4. The molecular formula is C21H24N6OS. The van der Waals surface area contributed by atoms with Crippen molar-refractivity contribution in [2.24, 2.45) is 0 Å². The summed E-state index contributed by atoms with van der Waals surface area (Å²) in [5, 5.41) is 6.59. The zero-order chi connectivity index (χ0) is 20.0. The molecule has 2 fully saturated rings. The largest absolute Gasteiger partial charge is 0.337 e. The summed E-state index contributed by atoms with van der Waals surface area (Å²) in [5.74, 6) is 0.971. The highest BCUT2D eigenvalue weighted by Gasteiger charge is 2.36. The molecule has 150 valence electrons. The third kappa shape index (κ3) is 3.47. The predicted molar refractivity (Wildman–Crippen MR) is 112 cm³/mol. The van der Waals surface area contributed by atoms with E-state index in [1.807, 2.05) is 28.5 Å². The lowest BCUT2D eigenvalue weighted by Gasteiger charge is -2.20.